The lowest BCUT2D eigenvalue weighted by atomic mass is 9.82. The number of carbonyl (C=O) groups is 1. The minimum Gasteiger partial charge on any atom is -0.497 e. The molecule has 2 fully saturated rings. The predicted molar refractivity (Wildman–Crippen MR) is 142 cm³/mol. The zero-order valence-electron chi connectivity index (χ0n) is 21.8. The van der Waals surface area contributed by atoms with Gasteiger partial charge in [-0.05, 0) is 86.8 Å². The number of benzene rings is 2. The molecule has 2 aliphatic rings. The van der Waals surface area contributed by atoms with Crippen LogP contribution in [0.4, 0.5) is 5.69 Å². The molecule has 0 atom stereocenters. The van der Waals surface area contributed by atoms with Crippen LogP contribution >= 0.6 is 0 Å². The molecule has 1 aromatic heterocycles. The number of methoxy groups -OCH3 is 1. The van der Waals surface area contributed by atoms with Gasteiger partial charge in [0.2, 0.25) is 11.6 Å². The Morgan fingerprint density at radius 2 is 1.68 bits per heavy atom. The molecule has 3 aromatic rings. The number of nitrogens with zero attached hydrogens (tertiary/aromatic N) is 4. The molecule has 2 heterocycles. The van der Waals surface area contributed by atoms with Crippen LogP contribution in [-0.4, -0.2) is 53.9 Å². The average molecular weight is 505 g/mol. The van der Waals surface area contributed by atoms with Crippen molar-refractivity contribution in [3.63, 3.8) is 0 Å². The summed E-state index contributed by atoms with van der Waals surface area (Å²) in [4.78, 5) is 15.0. The van der Waals surface area contributed by atoms with Gasteiger partial charge in [0.05, 0.1) is 20.3 Å². The molecule has 5 rings (SSSR count). The van der Waals surface area contributed by atoms with Gasteiger partial charge in [-0.15, -0.1) is 5.10 Å². The van der Waals surface area contributed by atoms with Crippen molar-refractivity contribution in [2.24, 2.45) is 0 Å². The SMILES string of the molecule is CCOC(=O)c1nnn(Cc2ccc(OC)cc2)c1OC1CCC(c2ccc(N3CCCC3)cc2)CC1. The van der Waals surface area contributed by atoms with Crippen LogP contribution in [0, 0.1) is 0 Å². The maximum absolute atomic E-state index is 12.6. The first kappa shape index (κ1) is 25.1. The quantitative estimate of drug-likeness (QED) is 0.370. The number of anilines is 1. The molecule has 0 spiro atoms. The van der Waals surface area contributed by atoms with Gasteiger partial charge in [-0.3, -0.25) is 0 Å². The summed E-state index contributed by atoms with van der Waals surface area (Å²) in [7, 11) is 1.64. The highest BCUT2D eigenvalue weighted by molar-refractivity contribution is 5.89. The molecular formula is C29H36N4O4. The molecule has 196 valence electrons. The molecule has 2 aromatic carbocycles. The summed E-state index contributed by atoms with van der Waals surface area (Å²) in [6.45, 7) is 4.81. The van der Waals surface area contributed by atoms with Crippen LogP contribution in [0.2, 0.25) is 0 Å². The van der Waals surface area contributed by atoms with Crippen LogP contribution in [0.25, 0.3) is 0 Å². The molecule has 0 amide bonds. The fraction of sp³-hybridized carbons (Fsp3) is 0.483. The van der Waals surface area contributed by atoms with Gasteiger partial charge < -0.3 is 19.1 Å². The standard InChI is InChI=1S/C29H36N4O4/c1-3-36-29(34)27-28(33(31-30-27)20-21-6-14-25(35-2)15-7-21)37-26-16-10-23(11-17-26)22-8-12-24(13-9-22)32-18-4-5-19-32/h6-9,12-15,23,26H,3-5,10-11,16-20H2,1-2H3. The molecule has 1 saturated carbocycles. The van der Waals surface area contributed by atoms with Crippen molar-refractivity contribution in [3.8, 4) is 11.6 Å². The number of rotatable bonds is 9. The van der Waals surface area contributed by atoms with Crippen LogP contribution < -0.4 is 14.4 Å². The molecule has 8 heteroatoms. The van der Waals surface area contributed by atoms with Crippen molar-refractivity contribution >= 4 is 11.7 Å². The highest BCUT2D eigenvalue weighted by atomic mass is 16.5. The molecular weight excluding hydrogens is 468 g/mol. The van der Waals surface area contributed by atoms with E-state index in [-0.39, 0.29) is 18.4 Å². The van der Waals surface area contributed by atoms with Gasteiger partial charge in [-0.1, -0.05) is 29.5 Å². The van der Waals surface area contributed by atoms with E-state index < -0.39 is 5.97 Å². The first-order chi connectivity index (χ1) is 18.1. The molecule has 37 heavy (non-hydrogen) atoms. The molecule has 8 nitrogen and oxygen atoms in total. The Kier molecular flexibility index (Phi) is 7.92. The minimum absolute atomic E-state index is 0.00131. The van der Waals surface area contributed by atoms with Gasteiger partial charge in [-0.25, -0.2) is 9.48 Å². The zero-order valence-corrected chi connectivity index (χ0v) is 21.8. The lowest BCUT2D eigenvalue weighted by molar-refractivity contribution is 0.0507. The summed E-state index contributed by atoms with van der Waals surface area (Å²) in [5, 5.41) is 8.35. The lowest BCUT2D eigenvalue weighted by Crippen LogP contribution is -2.25. The van der Waals surface area contributed by atoms with Crippen LogP contribution in [-0.2, 0) is 11.3 Å². The van der Waals surface area contributed by atoms with E-state index >= 15 is 0 Å². The molecule has 0 N–H and O–H groups in total. The second-order valence-electron chi connectivity index (χ2n) is 9.85. The van der Waals surface area contributed by atoms with E-state index in [0.717, 1.165) is 37.0 Å². The Balaban J connectivity index is 1.25. The fourth-order valence-corrected chi connectivity index (χ4v) is 5.36. The van der Waals surface area contributed by atoms with E-state index in [0.29, 0.717) is 18.3 Å². The van der Waals surface area contributed by atoms with Crippen LogP contribution in [0.1, 0.15) is 73.0 Å². The Labute approximate surface area is 218 Å². The first-order valence-corrected chi connectivity index (χ1v) is 13.4. The van der Waals surface area contributed by atoms with Gasteiger partial charge in [0.25, 0.3) is 0 Å². The topological polar surface area (TPSA) is 78.7 Å². The van der Waals surface area contributed by atoms with Crippen LogP contribution in [0.15, 0.2) is 48.5 Å². The second kappa shape index (κ2) is 11.7. The molecule has 0 unspecified atom stereocenters. The largest absolute Gasteiger partial charge is 0.497 e. The Bertz CT molecular complexity index is 1160. The third-order valence-electron chi connectivity index (χ3n) is 7.44. The van der Waals surface area contributed by atoms with Gasteiger partial charge in [0.15, 0.2) is 0 Å². The first-order valence-electron chi connectivity index (χ1n) is 13.4. The van der Waals surface area contributed by atoms with E-state index in [9.17, 15) is 4.79 Å². The molecule has 1 aliphatic carbocycles. The monoisotopic (exact) mass is 504 g/mol. The highest BCUT2D eigenvalue weighted by Gasteiger charge is 2.29. The van der Waals surface area contributed by atoms with Crippen LogP contribution in [0.5, 0.6) is 11.6 Å². The smallest absolute Gasteiger partial charge is 0.364 e. The van der Waals surface area contributed by atoms with E-state index in [1.807, 2.05) is 24.3 Å². The summed E-state index contributed by atoms with van der Waals surface area (Å²) in [5.41, 5.74) is 3.88. The highest BCUT2D eigenvalue weighted by Crippen LogP contribution is 2.36. The van der Waals surface area contributed by atoms with Crippen molar-refractivity contribution in [2.75, 3.05) is 31.7 Å². The molecule has 1 saturated heterocycles. The lowest BCUT2D eigenvalue weighted by Gasteiger charge is -2.29. The third kappa shape index (κ3) is 5.89. The predicted octanol–water partition coefficient (Wildman–Crippen LogP) is 5.22. The average Bonchev–Trinajstić information content (AvgIpc) is 3.61. The number of esters is 1. The van der Waals surface area contributed by atoms with Gasteiger partial charge >= 0.3 is 5.97 Å². The van der Waals surface area contributed by atoms with Gasteiger partial charge in [0.1, 0.15) is 11.9 Å². The van der Waals surface area contributed by atoms with Crippen molar-refractivity contribution in [3.05, 3.63) is 65.4 Å². The van der Waals surface area contributed by atoms with E-state index in [1.54, 1.807) is 18.7 Å². The van der Waals surface area contributed by atoms with Crippen molar-refractivity contribution in [1.82, 2.24) is 15.0 Å². The number of ether oxygens (including phenoxy) is 3. The normalized spacial score (nSPS) is 19.6. The molecule has 1 aliphatic heterocycles. The number of carbonyl (C=O) groups excluding carboxylic acids is 1. The van der Waals surface area contributed by atoms with E-state index in [4.69, 9.17) is 14.2 Å². The zero-order chi connectivity index (χ0) is 25.6. The molecule has 0 bridgehead atoms. The summed E-state index contributed by atoms with van der Waals surface area (Å²) >= 11 is 0. The van der Waals surface area contributed by atoms with Gasteiger partial charge in [-0.2, -0.15) is 0 Å². The number of aromatic nitrogens is 3. The van der Waals surface area contributed by atoms with E-state index in [1.165, 1.54) is 37.2 Å². The minimum atomic E-state index is -0.509. The van der Waals surface area contributed by atoms with Crippen molar-refractivity contribution in [1.29, 1.82) is 0 Å². The summed E-state index contributed by atoms with van der Waals surface area (Å²) < 4.78 is 18.5. The fourth-order valence-electron chi connectivity index (χ4n) is 5.36. The maximum Gasteiger partial charge on any atom is 0.364 e. The third-order valence-corrected chi connectivity index (χ3v) is 7.44. The van der Waals surface area contributed by atoms with Crippen molar-refractivity contribution in [2.45, 2.75) is 64.0 Å². The van der Waals surface area contributed by atoms with Crippen LogP contribution in [0.3, 0.4) is 0 Å². The summed E-state index contributed by atoms with van der Waals surface area (Å²) in [6, 6.07) is 16.9. The summed E-state index contributed by atoms with van der Waals surface area (Å²) in [5.74, 6) is 1.19. The molecule has 0 radical (unpaired) electrons. The maximum atomic E-state index is 12.6. The summed E-state index contributed by atoms with van der Waals surface area (Å²) in [6.07, 6.45) is 6.49. The number of hydrogen-bond acceptors (Lipinski definition) is 7. The Morgan fingerprint density at radius 3 is 2.32 bits per heavy atom. The second-order valence-corrected chi connectivity index (χ2v) is 9.85. The Morgan fingerprint density at radius 1 is 0.973 bits per heavy atom. The Hall–Kier alpha value is -3.55. The van der Waals surface area contributed by atoms with Gasteiger partial charge in [0, 0.05) is 18.8 Å². The van der Waals surface area contributed by atoms with Crippen molar-refractivity contribution < 1.29 is 19.0 Å². The number of hydrogen-bond donors (Lipinski definition) is 0. The van der Waals surface area contributed by atoms with E-state index in [2.05, 4.69) is 39.5 Å².